The molecule has 0 saturated heterocycles. The highest BCUT2D eigenvalue weighted by Crippen LogP contribution is 2.27. The maximum Gasteiger partial charge on any atom is 0.261 e. The molecule has 4 aromatic rings. The molecule has 0 aliphatic rings. The smallest absolute Gasteiger partial charge is 0.261 e. The summed E-state index contributed by atoms with van der Waals surface area (Å²) in [6.45, 7) is 0. The van der Waals surface area contributed by atoms with Gasteiger partial charge in [0.15, 0.2) is 5.65 Å². The molecular weight excluding hydrogens is 364 g/mol. The van der Waals surface area contributed by atoms with Crippen LogP contribution in [0.1, 0.15) is 10.4 Å². The maximum atomic E-state index is 12.7. The van der Waals surface area contributed by atoms with Gasteiger partial charge in [-0.25, -0.2) is 9.50 Å². The Morgan fingerprint density at radius 2 is 1.96 bits per heavy atom. The number of methoxy groups -OCH3 is 1. The minimum Gasteiger partial charge on any atom is -0.497 e. The van der Waals surface area contributed by atoms with Gasteiger partial charge in [0.2, 0.25) is 0 Å². The Balaban J connectivity index is 1.69. The molecule has 134 valence electrons. The van der Waals surface area contributed by atoms with E-state index in [1.807, 2.05) is 36.4 Å². The largest absolute Gasteiger partial charge is 0.497 e. The van der Waals surface area contributed by atoms with Crippen LogP contribution in [0, 0.1) is 0 Å². The van der Waals surface area contributed by atoms with Crippen LogP contribution in [0.4, 0.5) is 5.69 Å². The first-order valence-electron chi connectivity index (χ1n) is 8.20. The number of rotatable bonds is 4. The lowest BCUT2D eigenvalue weighted by atomic mass is 10.1. The van der Waals surface area contributed by atoms with E-state index in [0.29, 0.717) is 27.7 Å². The highest BCUT2D eigenvalue weighted by atomic mass is 35.5. The van der Waals surface area contributed by atoms with Crippen LogP contribution in [0.2, 0.25) is 5.02 Å². The van der Waals surface area contributed by atoms with Crippen LogP contribution in [0.3, 0.4) is 0 Å². The SMILES string of the molecule is COc1ccc(NC(=O)c2cnn3c(-c4ccccc4)ccnc23)c(Cl)c1. The predicted octanol–water partition coefficient (Wildman–Crippen LogP) is 4.31. The second kappa shape index (κ2) is 7.09. The fourth-order valence-electron chi connectivity index (χ4n) is 2.79. The van der Waals surface area contributed by atoms with Gasteiger partial charge in [-0.3, -0.25) is 4.79 Å². The number of halogens is 1. The van der Waals surface area contributed by atoms with Gasteiger partial charge >= 0.3 is 0 Å². The summed E-state index contributed by atoms with van der Waals surface area (Å²) in [6.07, 6.45) is 3.16. The molecule has 0 bridgehead atoms. The van der Waals surface area contributed by atoms with Gasteiger partial charge < -0.3 is 10.1 Å². The fraction of sp³-hybridized carbons (Fsp3) is 0.0500. The first-order valence-corrected chi connectivity index (χ1v) is 8.58. The van der Waals surface area contributed by atoms with E-state index in [4.69, 9.17) is 16.3 Å². The van der Waals surface area contributed by atoms with Crippen LogP contribution in [-0.4, -0.2) is 27.6 Å². The number of fused-ring (bicyclic) bond motifs is 1. The predicted molar refractivity (Wildman–Crippen MR) is 104 cm³/mol. The molecule has 0 radical (unpaired) electrons. The fourth-order valence-corrected chi connectivity index (χ4v) is 3.01. The average molecular weight is 379 g/mol. The van der Waals surface area contributed by atoms with Crippen molar-refractivity contribution >= 4 is 28.8 Å². The van der Waals surface area contributed by atoms with Crippen molar-refractivity contribution in [2.45, 2.75) is 0 Å². The van der Waals surface area contributed by atoms with Gasteiger partial charge in [0.1, 0.15) is 11.3 Å². The quantitative estimate of drug-likeness (QED) is 0.574. The zero-order chi connectivity index (χ0) is 18.8. The van der Waals surface area contributed by atoms with E-state index in [2.05, 4.69) is 15.4 Å². The average Bonchev–Trinajstić information content (AvgIpc) is 3.14. The number of carbonyl (C=O) groups excluding carboxylic acids is 1. The molecule has 2 aromatic carbocycles. The summed E-state index contributed by atoms with van der Waals surface area (Å²) in [4.78, 5) is 17.1. The van der Waals surface area contributed by atoms with Gasteiger partial charge in [0.25, 0.3) is 5.91 Å². The van der Waals surface area contributed by atoms with Crippen LogP contribution in [0.25, 0.3) is 16.9 Å². The molecule has 2 aromatic heterocycles. The number of ether oxygens (including phenoxy) is 1. The van der Waals surface area contributed by atoms with E-state index >= 15 is 0 Å². The first kappa shape index (κ1) is 17.1. The topological polar surface area (TPSA) is 68.5 Å². The molecule has 1 N–H and O–H groups in total. The Hall–Kier alpha value is -3.38. The lowest BCUT2D eigenvalue weighted by molar-refractivity contribution is 0.102. The zero-order valence-electron chi connectivity index (χ0n) is 14.4. The number of benzene rings is 2. The third-order valence-electron chi connectivity index (χ3n) is 4.14. The normalized spacial score (nSPS) is 10.7. The van der Waals surface area contributed by atoms with Crippen molar-refractivity contribution < 1.29 is 9.53 Å². The van der Waals surface area contributed by atoms with Gasteiger partial charge in [-0.1, -0.05) is 41.9 Å². The number of hydrogen-bond donors (Lipinski definition) is 1. The van der Waals surface area contributed by atoms with E-state index in [1.165, 1.54) is 6.20 Å². The molecule has 4 rings (SSSR count). The number of aromatic nitrogens is 3. The number of amides is 1. The summed E-state index contributed by atoms with van der Waals surface area (Å²) >= 11 is 6.21. The van der Waals surface area contributed by atoms with Gasteiger partial charge in [0.05, 0.1) is 29.7 Å². The van der Waals surface area contributed by atoms with Gasteiger partial charge in [-0.15, -0.1) is 0 Å². The van der Waals surface area contributed by atoms with E-state index in [9.17, 15) is 4.79 Å². The minimum absolute atomic E-state index is 0.338. The monoisotopic (exact) mass is 378 g/mol. The minimum atomic E-state index is -0.338. The van der Waals surface area contributed by atoms with E-state index in [-0.39, 0.29) is 5.91 Å². The van der Waals surface area contributed by atoms with Crippen LogP contribution in [0.5, 0.6) is 5.75 Å². The molecular formula is C20H15ClN4O2. The van der Waals surface area contributed by atoms with Crippen molar-refractivity contribution in [1.82, 2.24) is 14.6 Å². The summed E-state index contributed by atoms with van der Waals surface area (Å²) in [5, 5.41) is 7.53. The molecule has 0 fully saturated rings. The lowest BCUT2D eigenvalue weighted by Crippen LogP contribution is -2.12. The summed E-state index contributed by atoms with van der Waals surface area (Å²) in [5.74, 6) is 0.276. The summed E-state index contributed by atoms with van der Waals surface area (Å²) < 4.78 is 6.77. The molecule has 0 aliphatic heterocycles. The summed E-state index contributed by atoms with van der Waals surface area (Å²) in [5.41, 5.74) is 3.15. The second-order valence-corrected chi connectivity index (χ2v) is 6.20. The highest BCUT2D eigenvalue weighted by Gasteiger charge is 2.17. The van der Waals surface area contributed by atoms with Crippen molar-refractivity contribution in [2.75, 3.05) is 12.4 Å². The summed E-state index contributed by atoms with van der Waals surface area (Å²) in [6, 6.07) is 16.7. The third-order valence-corrected chi connectivity index (χ3v) is 4.45. The number of hydrogen-bond acceptors (Lipinski definition) is 4. The zero-order valence-corrected chi connectivity index (χ0v) is 15.1. The standard InChI is InChI=1S/C20H15ClN4O2/c1-27-14-7-8-17(16(21)11-14)24-20(26)15-12-23-25-18(9-10-22-19(15)25)13-5-3-2-4-6-13/h2-12H,1H3,(H,24,26). The maximum absolute atomic E-state index is 12.7. The number of nitrogens with one attached hydrogen (secondary N) is 1. The van der Waals surface area contributed by atoms with Crippen LogP contribution in [0.15, 0.2) is 67.0 Å². The highest BCUT2D eigenvalue weighted by molar-refractivity contribution is 6.34. The van der Waals surface area contributed by atoms with Gasteiger partial charge in [-0.05, 0) is 18.2 Å². The molecule has 0 spiro atoms. The molecule has 2 heterocycles. The van der Waals surface area contributed by atoms with Crippen LogP contribution >= 0.6 is 11.6 Å². The molecule has 6 nitrogen and oxygen atoms in total. The van der Waals surface area contributed by atoms with Crippen molar-refractivity contribution in [3.8, 4) is 17.0 Å². The Kier molecular flexibility index (Phi) is 4.48. The Morgan fingerprint density at radius 3 is 2.70 bits per heavy atom. The van der Waals surface area contributed by atoms with Crippen molar-refractivity contribution in [1.29, 1.82) is 0 Å². The number of nitrogens with zero attached hydrogens (tertiary/aromatic N) is 3. The molecule has 0 aliphatic carbocycles. The molecule has 27 heavy (non-hydrogen) atoms. The molecule has 1 amide bonds. The van der Waals surface area contributed by atoms with Crippen LogP contribution < -0.4 is 10.1 Å². The van der Waals surface area contributed by atoms with E-state index < -0.39 is 0 Å². The van der Waals surface area contributed by atoms with Crippen molar-refractivity contribution in [2.24, 2.45) is 0 Å². The van der Waals surface area contributed by atoms with Gasteiger partial charge in [0, 0.05) is 17.8 Å². The summed E-state index contributed by atoms with van der Waals surface area (Å²) in [7, 11) is 1.55. The molecule has 0 atom stereocenters. The second-order valence-electron chi connectivity index (χ2n) is 5.79. The third kappa shape index (κ3) is 3.22. The number of anilines is 1. The molecule has 7 heteroatoms. The van der Waals surface area contributed by atoms with E-state index in [0.717, 1.165) is 11.3 Å². The van der Waals surface area contributed by atoms with Gasteiger partial charge in [-0.2, -0.15) is 5.10 Å². The Labute approximate surface area is 160 Å². The number of carbonyl (C=O) groups is 1. The lowest BCUT2D eigenvalue weighted by Gasteiger charge is -2.08. The van der Waals surface area contributed by atoms with E-state index in [1.54, 1.807) is 36.0 Å². The Bertz CT molecular complexity index is 1130. The molecule has 0 saturated carbocycles. The first-order chi connectivity index (χ1) is 13.2. The Morgan fingerprint density at radius 1 is 1.15 bits per heavy atom. The van der Waals surface area contributed by atoms with Crippen LogP contribution in [-0.2, 0) is 0 Å². The van der Waals surface area contributed by atoms with Crippen molar-refractivity contribution in [3.05, 3.63) is 77.6 Å². The van der Waals surface area contributed by atoms with Crippen molar-refractivity contribution in [3.63, 3.8) is 0 Å². The molecule has 0 unspecified atom stereocenters.